The molecule has 2 nitrogen and oxygen atoms in total. The Labute approximate surface area is 91.1 Å². The molecule has 1 aromatic rings. The van der Waals surface area contributed by atoms with Crippen LogP contribution in [0.5, 0.6) is 0 Å². The monoisotopic (exact) mass is 202 g/mol. The van der Waals surface area contributed by atoms with Crippen LogP contribution < -0.4 is 10.6 Å². The van der Waals surface area contributed by atoms with Crippen molar-refractivity contribution >= 4 is 5.69 Å². The van der Waals surface area contributed by atoms with Crippen LogP contribution in [0.3, 0.4) is 0 Å². The molecule has 0 saturated heterocycles. The molecule has 2 aliphatic rings. The molecule has 0 aromatic heterocycles. The van der Waals surface area contributed by atoms with E-state index in [1.165, 1.54) is 36.9 Å². The molecule has 0 radical (unpaired) electrons. The molecule has 1 unspecified atom stereocenters. The van der Waals surface area contributed by atoms with Crippen LogP contribution in [0.15, 0.2) is 24.3 Å². The minimum atomic E-state index is 0.657. The summed E-state index contributed by atoms with van der Waals surface area (Å²) < 4.78 is 0. The van der Waals surface area contributed by atoms with Gasteiger partial charge in [0.05, 0.1) is 0 Å². The summed E-state index contributed by atoms with van der Waals surface area (Å²) in [7, 11) is 0. The lowest BCUT2D eigenvalue weighted by atomic mass is 10.1. The molecule has 0 spiro atoms. The fourth-order valence-corrected chi connectivity index (χ4v) is 2.30. The van der Waals surface area contributed by atoms with Gasteiger partial charge in [-0.1, -0.05) is 18.2 Å². The maximum atomic E-state index is 3.71. The summed E-state index contributed by atoms with van der Waals surface area (Å²) in [5.41, 5.74) is 2.80. The van der Waals surface area contributed by atoms with Crippen LogP contribution in [0.2, 0.25) is 0 Å². The van der Waals surface area contributed by atoms with E-state index in [9.17, 15) is 0 Å². The zero-order valence-corrected chi connectivity index (χ0v) is 9.00. The molecule has 1 aromatic carbocycles. The lowest BCUT2D eigenvalue weighted by Gasteiger charge is -2.15. The average Bonchev–Trinajstić information content (AvgIpc) is 3.07. The Bertz CT molecular complexity index is 317. The number of aryl methyl sites for hydroxylation is 1. The van der Waals surface area contributed by atoms with E-state index < -0.39 is 0 Å². The Morgan fingerprint density at radius 1 is 1.07 bits per heavy atom. The summed E-state index contributed by atoms with van der Waals surface area (Å²) in [5.74, 6) is 0. The SMILES string of the molecule is c1ccc2c(c1)CCC(NC1CC1)CN2. The van der Waals surface area contributed by atoms with E-state index in [1.807, 2.05) is 0 Å². The van der Waals surface area contributed by atoms with Crippen molar-refractivity contribution in [2.24, 2.45) is 0 Å². The van der Waals surface area contributed by atoms with Crippen LogP contribution in [-0.4, -0.2) is 18.6 Å². The zero-order chi connectivity index (χ0) is 10.1. The fourth-order valence-electron chi connectivity index (χ4n) is 2.30. The van der Waals surface area contributed by atoms with E-state index >= 15 is 0 Å². The maximum absolute atomic E-state index is 3.71. The molecule has 1 atom stereocenters. The molecule has 0 amide bonds. The number of benzene rings is 1. The number of hydrogen-bond donors (Lipinski definition) is 2. The second kappa shape index (κ2) is 3.86. The Hall–Kier alpha value is -1.02. The fraction of sp³-hybridized carbons (Fsp3) is 0.538. The highest BCUT2D eigenvalue weighted by atomic mass is 15.0. The third-order valence-electron chi connectivity index (χ3n) is 3.37. The van der Waals surface area contributed by atoms with Crippen molar-refractivity contribution in [2.45, 2.75) is 37.8 Å². The van der Waals surface area contributed by atoms with Crippen LogP contribution in [0.25, 0.3) is 0 Å². The van der Waals surface area contributed by atoms with Gasteiger partial charge in [0.15, 0.2) is 0 Å². The second-order valence-corrected chi connectivity index (χ2v) is 4.71. The Kier molecular flexibility index (Phi) is 2.37. The summed E-state index contributed by atoms with van der Waals surface area (Å²) in [5, 5.41) is 7.25. The largest absolute Gasteiger partial charge is 0.383 e. The number of hydrogen-bond acceptors (Lipinski definition) is 2. The molecule has 80 valence electrons. The molecule has 1 fully saturated rings. The van der Waals surface area contributed by atoms with Crippen molar-refractivity contribution in [1.29, 1.82) is 0 Å². The summed E-state index contributed by atoms with van der Waals surface area (Å²) in [6, 6.07) is 10.1. The Balaban J connectivity index is 1.68. The van der Waals surface area contributed by atoms with Crippen molar-refractivity contribution < 1.29 is 0 Å². The first-order valence-corrected chi connectivity index (χ1v) is 5.99. The lowest BCUT2D eigenvalue weighted by molar-refractivity contribution is 0.501. The average molecular weight is 202 g/mol. The van der Waals surface area contributed by atoms with Crippen LogP contribution >= 0.6 is 0 Å². The summed E-state index contributed by atoms with van der Waals surface area (Å²) in [4.78, 5) is 0. The number of nitrogens with one attached hydrogen (secondary N) is 2. The molecular weight excluding hydrogens is 184 g/mol. The van der Waals surface area contributed by atoms with E-state index in [-0.39, 0.29) is 0 Å². The van der Waals surface area contributed by atoms with Crippen molar-refractivity contribution in [3.8, 4) is 0 Å². The van der Waals surface area contributed by atoms with Gasteiger partial charge in [0.2, 0.25) is 0 Å². The third-order valence-corrected chi connectivity index (χ3v) is 3.37. The van der Waals surface area contributed by atoms with Gasteiger partial charge in [-0.05, 0) is 37.3 Å². The molecule has 1 saturated carbocycles. The van der Waals surface area contributed by atoms with Gasteiger partial charge in [0.25, 0.3) is 0 Å². The van der Waals surface area contributed by atoms with Gasteiger partial charge in [0.1, 0.15) is 0 Å². The van der Waals surface area contributed by atoms with Crippen molar-refractivity contribution in [3.05, 3.63) is 29.8 Å². The second-order valence-electron chi connectivity index (χ2n) is 4.71. The van der Waals surface area contributed by atoms with Gasteiger partial charge in [-0.2, -0.15) is 0 Å². The van der Waals surface area contributed by atoms with Crippen LogP contribution in [0.4, 0.5) is 5.69 Å². The number of anilines is 1. The summed E-state index contributed by atoms with van der Waals surface area (Å²) in [6.45, 7) is 1.08. The van der Waals surface area contributed by atoms with Crippen molar-refractivity contribution in [2.75, 3.05) is 11.9 Å². The van der Waals surface area contributed by atoms with Crippen LogP contribution in [0, 0.1) is 0 Å². The van der Waals surface area contributed by atoms with E-state index in [4.69, 9.17) is 0 Å². The van der Waals surface area contributed by atoms with E-state index in [0.29, 0.717) is 6.04 Å². The van der Waals surface area contributed by atoms with Gasteiger partial charge in [-0.15, -0.1) is 0 Å². The molecule has 1 aliphatic carbocycles. The lowest BCUT2D eigenvalue weighted by Crippen LogP contribution is -2.36. The van der Waals surface area contributed by atoms with E-state index in [0.717, 1.165) is 12.6 Å². The first-order chi connectivity index (χ1) is 7.42. The predicted molar refractivity (Wildman–Crippen MR) is 63.2 cm³/mol. The normalized spacial score (nSPS) is 25.2. The first-order valence-electron chi connectivity index (χ1n) is 5.99. The minimum absolute atomic E-state index is 0.657. The molecular formula is C13H18N2. The zero-order valence-electron chi connectivity index (χ0n) is 9.00. The third kappa shape index (κ3) is 2.15. The standard InChI is InChI=1S/C13H18N2/c1-2-4-13-10(3-1)5-6-12(9-14-13)15-11-7-8-11/h1-4,11-12,14-15H,5-9H2. The molecule has 2 N–H and O–H groups in total. The molecule has 2 heteroatoms. The molecule has 15 heavy (non-hydrogen) atoms. The van der Waals surface area contributed by atoms with Crippen LogP contribution in [0.1, 0.15) is 24.8 Å². The Morgan fingerprint density at radius 2 is 1.93 bits per heavy atom. The summed E-state index contributed by atoms with van der Waals surface area (Å²) in [6.07, 6.45) is 5.22. The van der Waals surface area contributed by atoms with Gasteiger partial charge in [0, 0.05) is 24.3 Å². The number of fused-ring (bicyclic) bond motifs is 1. The molecule has 0 bridgehead atoms. The molecule has 1 aliphatic heterocycles. The van der Waals surface area contributed by atoms with Crippen LogP contribution in [-0.2, 0) is 6.42 Å². The van der Waals surface area contributed by atoms with Gasteiger partial charge >= 0.3 is 0 Å². The minimum Gasteiger partial charge on any atom is -0.383 e. The smallest absolute Gasteiger partial charge is 0.0373 e. The highest BCUT2D eigenvalue weighted by Crippen LogP contribution is 2.24. The number of rotatable bonds is 2. The quantitative estimate of drug-likeness (QED) is 0.768. The van der Waals surface area contributed by atoms with Crippen molar-refractivity contribution in [1.82, 2.24) is 5.32 Å². The van der Waals surface area contributed by atoms with E-state index in [1.54, 1.807) is 0 Å². The Morgan fingerprint density at radius 3 is 2.80 bits per heavy atom. The van der Waals surface area contributed by atoms with E-state index in [2.05, 4.69) is 34.9 Å². The van der Waals surface area contributed by atoms with Gasteiger partial charge in [-0.3, -0.25) is 0 Å². The van der Waals surface area contributed by atoms with Gasteiger partial charge in [-0.25, -0.2) is 0 Å². The first kappa shape index (κ1) is 9.22. The highest BCUT2D eigenvalue weighted by molar-refractivity contribution is 5.52. The van der Waals surface area contributed by atoms with Crippen molar-refractivity contribution in [3.63, 3.8) is 0 Å². The number of para-hydroxylation sites is 1. The topological polar surface area (TPSA) is 24.1 Å². The summed E-state index contributed by atoms with van der Waals surface area (Å²) >= 11 is 0. The maximum Gasteiger partial charge on any atom is 0.0373 e. The molecule has 1 heterocycles. The molecule has 3 rings (SSSR count). The predicted octanol–water partition coefficient (Wildman–Crippen LogP) is 2.17. The van der Waals surface area contributed by atoms with Gasteiger partial charge < -0.3 is 10.6 Å². The highest BCUT2D eigenvalue weighted by Gasteiger charge is 2.25.